The SMILES string of the molecule is CCCCCCCCCCCCOCCN(CCO)CCOC(C)=O. The quantitative estimate of drug-likeness (QED) is 0.281. The smallest absolute Gasteiger partial charge is 0.302 e. The second kappa shape index (κ2) is 19.7. The molecule has 5 nitrogen and oxygen atoms in total. The van der Waals surface area contributed by atoms with E-state index in [9.17, 15) is 4.79 Å². The van der Waals surface area contributed by atoms with E-state index in [2.05, 4.69) is 11.8 Å². The van der Waals surface area contributed by atoms with Gasteiger partial charge < -0.3 is 14.6 Å². The van der Waals surface area contributed by atoms with Gasteiger partial charge in [0.2, 0.25) is 0 Å². The van der Waals surface area contributed by atoms with Crippen molar-refractivity contribution < 1.29 is 19.4 Å². The van der Waals surface area contributed by atoms with E-state index in [0.717, 1.165) is 19.6 Å². The number of unbranched alkanes of at least 4 members (excludes halogenated alkanes) is 9. The lowest BCUT2D eigenvalue weighted by molar-refractivity contribution is -0.141. The molecule has 0 rings (SSSR count). The van der Waals surface area contributed by atoms with E-state index >= 15 is 0 Å². The zero-order chi connectivity index (χ0) is 18.6. The molecule has 0 amide bonds. The Balaban J connectivity index is 3.34. The second-order valence-electron chi connectivity index (χ2n) is 6.70. The van der Waals surface area contributed by atoms with Gasteiger partial charge in [0.05, 0.1) is 13.2 Å². The second-order valence-corrected chi connectivity index (χ2v) is 6.70. The van der Waals surface area contributed by atoms with Crippen molar-refractivity contribution in [2.24, 2.45) is 0 Å². The van der Waals surface area contributed by atoms with E-state index in [-0.39, 0.29) is 12.6 Å². The molecule has 0 aliphatic carbocycles. The molecule has 0 aromatic heterocycles. The van der Waals surface area contributed by atoms with Crippen molar-refractivity contribution in [3.05, 3.63) is 0 Å². The van der Waals surface area contributed by atoms with Gasteiger partial charge >= 0.3 is 5.97 Å². The van der Waals surface area contributed by atoms with E-state index in [1.165, 1.54) is 64.7 Å². The Morgan fingerprint density at radius 2 is 1.36 bits per heavy atom. The maximum Gasteiger partial charge on any atom is 0.302 e. The molecule has 0 atom stereocenters. The zero-order valence-corrected chi connectivity index (χ0v) is 16.6. The minimum atomic E-state index is -0.263. The van der Waals surface area contributed by atoms with Crippen molar-refractivity contribution in [3.8, 4) is 0 Å². The minimum absolute atomic E-state index is 0.110. The highest BCUT2D eigenvalue weighted by atomic mass is 16.5. The fourth-order valence-electron chi connectivity index (χ4n) is 2.78. The Hall–Kier alpha value is -0.650. The first-order chi connectivity index (χ1) is 12.2. The van der Waals surface area contributed by atoms with Crippen LogP contribution in [0.5, 0.6) is 0 Å². The van der Waals surface area contributed by atoms with E-state index in [1.54, 1.807) is 0 Å². The number of hydrogen-bond acceptors (Lipinski definition) is 5. The fourth-order valence-corrected chi connectivity index (χ4v) is 2.78. The molecule has 0 saturated carbocycles. The Bertz CT molecular complexity index is 287. The summed E-state index contributed by atoms with van der Waals surface area (Å²) in [6.07, 6.45) is 13.3. The van der Waals surface area contributed by atoms with Gasteiger partial charge in [-0.05, 0) is 6.42 Å². The van der Waals surface area contributed by atoms with Crippen molar-refractivity contribution >= 4 is 5.97 Å². The number of carbonyl (C=O) groups excluding carboxylic acids is 1. The first-order valence-corrected chi connectivity index (χ1v) is 10.2. The van der Waals surface area contributed by atoms with Gasteiger partial charge in [-0.3, -0.25) is 9.69 Å². The van der Waals surface area contributed by atoms with Crippen LogP contribution in [0.2, 0.25) is 0 Å². The summed E-state index contributed by atoms with van der Waals surface area (Å²) in [6, 6.07) is 0. The van der Waals surface area contributed by atoms with E-state index in [0.29, 0.717) is 26.3 Å². The monoisotopic (exact) mass is 359 g/mol. The average Bonchev–Trinajstić information content (AvgIpc) is 2.58. The number of esters is 1. The Kier molecular flexibility index (Phi) is 19.2. The summed E-state index contributed by atoms with van der Waals surface area (Å²) >= 11 is 0. The summed E-state index contributed by atoms with van der Waals surface area (Å²) in [5.41, 5.74) is 0. The van der Waals surface area contributed by atoms with Crippen molar-refractivity contribution in [2.45, 2.75) is 78.1 Å². The number of ether oxygens (including phenoxy) is 2. The van der Waals surface area contributed by atoms with Crippen LogP contribution in [0.15, 0.2) is 0 Å². The molecule has 0 saturated heterocycles. The highest BCUT2D eigenvalue weighted by Crippen LogP contribution is 2.10. The molecule has 0 spiro atoms. The van der Waals surface area contributed by atoms with Crippen molar-refractivity contribution in [1.82, 2.24) is 4.90 Å². The zero-order valence-electron chi connectivity index (χ0n) is 16.6. The van der Waals surface area contributed by atoms with Gasteiger partial charge in [-0.25, -0.2) is 0 Å². The topological polar surface area (TPSA) is 59.0 Å². The van der Waals surface area contributed by atoms with Crippen molar-refractivity contribution in [2.75, 3.05) is 46.1 Å². The van der Waals surface area contributed by atoms with E-state index in [1.807, 2.05) is 0 Å². The van der Waals surface area contributed by atoms with Crippen LogP contribution < -0.4 is 0 Å². The van der Waals surface area contributed by atoms with Gasteiger partial charge in [0, 0.05) is 33.2 Å². The van der Waals surface area contributed by atoms with Crippen molar-refractivity contribution in [3.63, 3.8) is 0 Å². The summed E-state index contributed by atoms with van der Waals surface area (Å²) in [4.78, 5) is 12.8. The van der Waals surface area contributed by atoms with Crippen LogP contribution in [-0.2, 0) is 14.3 Å². The molecule has 0 heterocycles. The first kappa shape index (κ1) is 24.4. The average molecular weight is 360 g/mol. The van der Waals surface area contributed by atoms with Gasteiger partial charge in [0.25, 0.3) is 0 Å². The van der Waals surface area contributed by atoms with Gasteiger partial charge in [-0.2, -0.15) is 0 Å². The lowest BCUT2D eigenvalue weighted by Crippen LogP contribution is -2.33. The highest BCUT2D eigenvalue weighted by Gasteiger charge is 2.05. The molecular weight excluding hydrogens is 318 g/mol. The standard InChI is InChI=1S/C20H41NO4/c1-3-4-5-6-7-8-9-10-11-12-17-24-18-14-21(13-16-22)15-19-25-20(2)23/h22H,3-19H2,1-2H3. The normalized spacial score (nSPS) is 11.2. The van der Waals surface area contributed by atoms with Crippen LogP contribution >= 0.6 is 0 Å². The van der Waals surface area contributed by atoms with Crippen LogP contribution in [-0.4, -0.2) is 62.0 Å². The molecule has 0 fully saturated rings. The lowest BCUT2D eigenvalue weighted by Gasteiger charge is -2.20. The molecule has 5 heteroatoms. The molecule has 0 aromatic carbocycles. The van der Waals surface area contributed by atoms with Gasteiger partial charge in [-0.1, -0.05) is 64.7 Å². The third kappa shape index (κ3) is 19.5. The summed E-state index contributed by atoms with van der Waals surface area (Å²) in [7, 11) is 0. The maximum atomic E-state index is 10.8. The van der Waals surface area contributed by atoms with Crippen LogP contribution in [0, 0.1) is 0 Å². The number of aliphatic hydroxyl groups excluding tert-OH is 1. The van der Waals surface area contributed by atoms with Crippen LogP contribution in [0.4, 0.5) is 0 Å². The minimum Gasteiger partial charge on any atom is -0.465 e. The van der Waals surface area contributed by atoms with E-state index < -0.39 is 0 Å². The number of aliphatic hydroxyl groups is 1. The predicted molar refractivity (Wildman–Crippen MR) is 103 cm³/mol. The molecule has 0 radical (unpaired) electrons. The summed E-state index contributed by atoms with van der Waals surface area (Å²) in [5, 5.41) is 9.06. The molecule has 0 aliphatic rings. The number of rotatable bonds is 19. The van der Waals surface area contributed by atoms with Gasteiger partial charge in [-0.15, -0.1) is 0 Å². The summed E-state index contributed by atoms with van der Waals surface area (Å²) in [5.74, 6) is -0.263. The Morgan fingerprint density at radius 3 is 1.92 bits per heavy atom. The first-order valence-electron chi connectivity index (χ1n) is 10.2. The molecular formula is C20H41NO4. The highest BCUT2D eigenvalue weighted by molar-refractivity contribution is 5.65. The summed E-state index contributed by atoms with van der Waals surface area (Å²) in [6.45, 7) is 7.61. The molecule has 150 valence electrons. The van der Waals surface area contributed by atoms with E-state index in [4.69, 9.17) is 14.6 Å². The number of carbonyl (C=O) groups is 1. The number of hydrogen-bond donors (Lipinski definition) is 1. The van der Waals surface area contributed by atoms with Crippen LogP contribution in [0.25, 0.3) is 0 Å². The molecule has 25 heavy (non-hydrogen) atoms. The van der Waals surface area contributed by atoms with Crippen LogP contribution in [0.1, 0.15) is 78.1 Å². The maximum absolute atomic E-state index is 10.8. The third-order valence-electron chi connectivity index (χ3n) is 4.32. The molecule has 0 unspecified atom stereocenters. The van der Waals surface area contributed by atoms with Crippen molar-refractivity contribution in [1.29, 1.82) is 0 Å². The van der Waals surface area contributed by atoms with Crippen LogP contribution in [0.3, 0.4) is 0 Å². The fraction of sp³-hybridized carbons (Fsp3) is 0.950. The lowest BCUT2D eigenvalue weighted by atomic mass is 10.1. The largest absolute Gasteiger partial charge is 0.465 e. The predicted octanol–water partition coefficient (Wildman–Crippen LogP) is 3.78. The molecule has 1 N–H and O–H groups in total. The van der Waals surface area contributed by atoms with Gasteiger partial charge in [0.15, 0.2) is 0 Å². The molecule has 0 bridgehead atoms. The Labute approximate surface area is 155 Å². The number of nitrogens with zero attached hydrogens (tertiary/aromatic N) is 1. The third-order valence-corrected chi connectivity index (χ3v) is 4.32. The Morgan fingerprint density at radius 1 is 0.800 bits per heavy atom. The molecule has 0 aromatic rings. The molecule has 0 aliphatic heterocycles. The van der Waals surface area contributed by atoms with Gasteiger partial charge in [0.1, 0.15) is 6.61 Å². The summed E-state index contributed by atoms with van der Waals surface area (Å²) < 4.78 is 10.6.